The summed E-state index contributed by atoms with van der Waals surface area (Å²) in [6.45, 7) is 4.57. The average molecular weight is 531 g/mol. The summed E-state index contributed by atoms with van der Waals surface area (Å²) in [5.74, 6) is 1.77. The Morgan fingerprint density at radius 2 is 1.23 bits per heavy atom. The summed E-state index contributed by atoms with van der Waals surface area (Å²) < 4.78 is 12.5. The molecule has 0 aromatic heterocycles. The first-order valence-corrected chi connectivity index (χ1v) is 14.9. The second-order valence-corrected chi connectivity index (χ2v) is 11.4. The standard InChI is InChI=1S/C36H38N2O2/c1-39-32-17-18-33-27(26-32)8-19-35-34(33)20-21-36(40-35,28-9-13-30(14-10-28)37-22-4-2-5-23-37)29-11-15-31(16-12-29)38-24-6-3-7-25-38/h8-21,26H,2-7,22-25H2,1H3. The lowest BCUT2D eigenvalue weighted by Gasteiger charge is -2.37. The number of methoxy groups -OCH3 is 1. The Balaban J connectivity index is 1.29. The summed E-state index contributed by atoms with van der Waals surface area (Å²) in [6.07, 6.45) is 12.3. The van der Waals surface area contributed by atoms with Crippen LogP contribution in [0.3, 0.4) is 0 Å². The van der Waals surface area contributed by atoms with E-state index in [2.05, 4.69) is 94.7 Å². The minimum Gasteiger partial charge on any atom is -0.497 e. The second-order valence-electron chi connectivity index (χ2n) is 11.4. The Morgan fingerprint density at radius 1 is 0.650 bits per heavy atom. The van der Waals surface area contributed by atoms with Gasteiger partial charge in [0.15, 0.2) is 5.60 Å². The van der Waals surface area contributed by atoms with Crippen molar-refractivity contribution in [1.82, 2.24) is 0 Å². The highest BCUT2D eigenvalue weighted by molar-refractivity contribution is 5.94. The molecule has 0 amide bonds. The van der Waals surface area contributed by atoms with Gasteiger partial charge in [0.1, 0.15) is 11.5 Å². The molecule has 0 bridgehead atoms. The van der Waals surface area contributed by atoms with Gasteiger partial charge in [0, 0.05) is 54.2 Å². The number of piperidine rings is 2. The largest absolute Gasteiger partial charge is 0.497 e. The molecule has 0 aliphatic carbocycles. The third-order valence-corrected chi connectivity index (χ3v) is 9.02. The van der Waals surface area contributed by atoms with Crippen molar-refractivity contribution in [2.45, 2.75) is 44.1 Å². The topological polar surface area (TPSA) is 24.9 Å². The molecule has 0 saturated carbocycles. The van der Waals surface area contributed by atoms with Gasteiger partial charge in [-0.25, -0.2) is 0 Å². The number of benzene rings is 4. The molecule has 0 atom stereocenters. The molecule has 0 unspecified atom stereocenters. The fourth-order valence-electron chi connectivity index (χ4n) is 6.73. The molecule has 4 aromatic rings. The van der Waals surface area contributed by atoms with Gasteiger partial charge in [-0.3, -0.25) is 0 Å². The van der Waals surface area contributed by atoms with Crippen LogP contribution in [-0.2, 0) is 5.60 Å². The first-order chi connectivity index (χ1) is 19.7. The number of hydrogen-bond acceptors (Lipinski definition) is 4. The molecule has 3 aliphatic rings. The van der Waals surface area contributed by atoms with E-state index in [1.807, 2.05) is 6.07 Å². The number of rotatable bonds is 5. The van der Waals surface area contributed by atoms with Crippen molar-refractivity contribution < 1.29 is 9.47 Å². The monoisotopic (exact) mass is 530 g/mol. The van der Waals surface area contributed by atoms with Crippen molar-refractivity contribution in [3.8, 4) is 11.5 Å². The van der Waals surface area contributed by atoms with Crippen LogP contribution in [0.2, 0.25) is 0 Å². The third-order valence-electron chi connectivity index (χ3n) is 9.02. The van der Waals surface area contributed by atoms with Gasteiger partial charge < -0.3 is 19.3 Å². The van der Waals surface area contributed by atoms with Gasteiger partial charge in [-0.2, -0.15) is 0 Å². The van der Waals surface area contributed by atoms with Crippen LogP contribution in [-0.4, -0.2) is 33.3 Å². The van der Waals surface area contributed by atoms with E-state index in [-0.39, 0.29) is 0 Å². The van der Waals surface area contributed by atoms with Crippen LogP contribution in [0.4, 0.5) is 11.4 Å². The predicted octanol–water partition coefficient (Wildman–Crippen LogP) is 8.18. The molecule has 40 heavy (non-hydrogen) atoms. The molecule has 204 valence electrons. The van der Waals surface area contributed by atoms with E-state index >= 15 is 0 Å². The first kappa shape index (κ1) is 25.1. The van der Waals surface area contributed by atoms with E-state index in [1.54, 1.807) is 7.11 Å². The van der Waals surface area contributed by atoms with Crippen molar-refractivity contribution >= 4 is 28.2 Å². The molecule has 0 radical (unpaired) electrons. The fourth-order valence-corrected chi connectivity index (χ4v) is 6.73. The van der Waals surface area contributed by atoms with Crippen LogP contribution in [0, 0.1) is 0 Å². The maximum Gasteiger partial charge on any atom is 0.178 e. The van der Waals surface area contributed by atoms with E-state index in [1.165, 1.54) is 55.3 Å². The maximum atomic E-state index is 7.08. The minimum atomic E-state index is -0.700. The van der Waals surface area contributed by atoms with Crippen LogP contribution < -0.4 is 19.3 Å². The zero-order chi connectivity index (χ0) is 26.9. The molecule has 4 heteroatoms. The summed E-state index contributed by atoms with van der Waals surface area (Å²) in [6, 6.07) is 28.7. The second kappa shape index (κ2) is 10.6. The number of nitrogens with zero attached hydrogens (tertiary/aromatic N) is 2. The molecule has 4 nitrogen and oxygen atoms in total. The fraction of sp³-hybridized carbons (Fsp3) is 0.333. The van der Waals surface area contributed by atoms with Crippen LogP contribution in [0.15, 0.2) is 84.9 Å². The van der Waals surface area contributed by atoms with E-state index < -0.39 is 5.60 Å². The number of ether oxygens (including phenoxy) is 2. The van der Waals surface area contributed by atoms with E-state index in [0.29, 0.717) is 0 Å². The summed E-state index contributed by atoms with van der Waals surface area (Å²) in [4.78, 5) is 5.03. The molecule has 0 N–H and O–H groups in total. The number of fused-ring (bicyclic) bond motifs is 3. The molecule has 3 heterocycles. The normalized spacial score (nSPS) is 18.3. The zero-order valence-electron chi connectivity index (χ0n) is 23.4. The SMILES string of the molecule is COc1ccc2c3c(ccc2c1)OC(c1ccc(N2CCCCC2)cc1)(c1ccc(N2CCCCC2)cc1)C=C3. The number of anilines is 2. The Bertz CT molecular complexity index is 1450. The molecule has 2 saturated heterocycles. The molecule has 3 aliphatic heterocycles. The van der Waals surface area contributed by atoms with Crippen LogP contribution in [0.1, 0.15) is 55.2 Å². The minimum absolute atomic E-state index is 0.700. The van der Waals surface area contributed by atoms with Gasteiger partial charge in [0.05, 0.1) is 7.11 Å². The average Bonchev–Trinajstić information content (AvgIpc) is 3.05. The molecular formula is C36H38N2O2. The molecule has 2 fully saturated rings. The molecule has 7 rings (SSSR count). The Kier molecular flexibility index (Phi) is 6.63. The smallest absolute Gasteiger partial charge is 0.178 e. The molecule has 0 spiro atoms. The van der Waals surface area contributed by atoms with Gasteiger partial charge in [0.25, 0.3) is 0 Å². The summed E-state index contributed by atoms with van der Waals surface area (Å²) in [7, 11) is 1.71. The van der Waals surface area contributed by atoms with E-state index in [0.717, 1.165) is 59.8 Å². The lowest BCUT2D eigenvalue weighted by atomic mass is 9.83. The van der Waals surface area contributed by atoms with E-state index in [9.17, 15) is 0 Å². The first-order valence-electron chi connectivity index (χ1n) is 14.9. The highest BCUT2D eigenvalue weighted by Crippen LogP contribution is 2.45. The van der Waals surface area contributed by atoms with Crippen molar-refractivity contribution in [3.05, 3.63) is 102 Å². The molecule has 4 aromatic carbocycles. The van der Waals surface area contributed by atoms with Crippen molar-refractivity contribution in [2.24, 2.45) is 0 Å². The lowest BCUT2D eigenvalue weighted by molar-refractivity contribution is 0.161. The third kappa shape index (κ3) is 4.50. The van der Waals surface area contributed by atoms with Gasteiger partial charge in [0.2, 0.25) is 0 Å². The summed E-state index contributed by atoms with van der Waals surface area (Å²) in [5.41, 5.74) is 5.32. The summed E-state index contributed by atoms with van der Waals surface area (Å²) >= 11 is 0. The van der Waals surface area contributed by atoms with Crippen LogP contribution >= 0.6 is 0 Å². The van der Waals surface area contributed by atoms with Gasteiger partial charge >= 0.3 is 0 Å². The Labute approximate surface area is 237 Å². The van der Waals surface area contributed by atoms with Gasteiger partial charge in [-0.1, -0.05) is 30.3 Å². The lowest BCUT2D eigenvalue weighted by Crippen LogP contribution is -2.35. The zero-order valence-corrected chi connectivity index (χ0v) is 23.4. The highest BCUT2D eigenvalue weighted by Gasteiger charge is 2.37. The maximum absolute atomic E-state index is 7.08. The van der Waals surface area contributed by atoms with Crippen molar-refractivity contribution in [1.29, 1.82) is 0 Å². The van der Waals surface area contributed by atoms with Crippen LogP contribution in [0.25, 0.3) is 16.8 Å². The van der Waals surface area contributed by atoms with Crippen LogP contribution in [0.5, 0.6) is 11.5 Å². The van der Waals surface area contributed by atoms with Gasteiger partial charge in [-0.05, 0) is 110 Å². The highest BCUT2D eigenvalue weighted by atomic mass is 16.5. The predicted molar refractivity (Wildman–Crippen MR) is 166 cm³/mol. The Hall–Kier alpha value is -3.92. The Morgan fingerprint density at radius 3 is 1.77 bits per heavy atom. The summed E-state index contributed by atoms with van der Waals surface area (Å²) in [5, 5.41) is 2.32. The quantitative estimate of drug-likeness (QED) is 0.260. The molecular weight excluding hydrogens is 492 g/mol. The van der Waals surface area contributed by atoms with Crippen molar-refractivity contribution in [2.75, 3.05) is 43.1 Å². The van der Waals surface area contributed by atoms with Gasteiger partial charge in [-0.15, -0.1) is 0 Å². The number of hydrogen-bond donors (Lipinski definition) is 0. The van der Waals surface area contributed by atoms with Crippen molar-refractivity contribution in [3.63, 3.8) is 0 Å². The van der Waals surface area contributed by atoms with E-state index in [4.69, 9.17) is 9.47 Å².